The molecule has 1 aliphatic heterocycles. The number of pyridine rings is 1. The van der Waals surface area contributed by atoms with E-state index in [1.807, 2.05) is 30.9 Å². The fourth-order valence-electron chi connectivity index (χ4n) is 3.66. The number of piperazine rings is 1. The van der Waals surface area contributed by atoms with Crippen molar-refractivity contribution in [2.24, 2.45) is 0 Å². The molecule has 37 heavy (non-hydrogen) atoms. The highest BCUT2D eigenvalue weighted by molar-refractivity contribution is 5.72. The number of likely N-dealkylation sites (N-methyl/N-ethyl adjacent to an activating group) is 1. The van der Waals surface area contributed by atoms with Gasteiger partial charge in [0.25, 0.3) is 0 Å². The van der Waals surface area contributed by atoms with E-state index in [0.29, 0.717) is 6.04 Å². The van der Waals surface area contributed by atoms with Crippen LogP contribution in [-0.2, 0) is 6.54 Å². The van der Waals surface area contributed by atoms with Gasteiger partial charge < -0.3 is 15.1 Å². The van der Waals surface area contributed by atoms with E-state index in [-0.39, 0.29) is 0 Å². The fourth-order valence-corrected chi connectivity index (χ4v) is 3.66. The van der Waals surface area contributed by atoms with Crippen LogP contribution in [0.5, 0.6) is 0 Å². The highest BCUT2D eigenvalue weighted by atomic mass is 15.3. The van der Waals surface area contributed by atoms with Crippen LogP contribution in [0.2, 0.25) is 0 Å². The Morgan fingerprint density at radius 3 is 2.27 bits per heavy atom. The van der Waals surface area contributed by atoms with Gasteiger partial charge >= 0.3 is 0 Å². The molecule has 210 valence electrons. The van der Waals surface area contributed by atoms with Crippen molar-refractivity contribution in [3.05, 3.63) is 61.6 Å². The van der Waals surface area contributed by atoms with Crippen molar-refractivity contribution in [3.8, 4) is 0 Å². The molecule has 0 radical (unpaired) electrons. The molecular formula is C31H56N6. The Morgan fingerprint density at radius 1 is 1.16 bits per heavy atom. The van der Waals surface area contributed by atoms with E-state index < -0.39 is 0 Å². The van der Waals surface area contributed by atoms with Crippen molar-refractivity contribution in [1.29, 1.82) is 0 Å². The van der Waals surface area contributed by atoms with Crippen molar-refractivity contribution in [1.82, 2.24) is 24.7 Å². The van der Waals surface area contributed by atoms with Crippen molar-refractivity contribution in [2.75, 3.05) is 59.3 Å². The van der Waals surface area contributed by atoms with Gasteiger partial charge in [-0.25, -0.2) is 4.52 Å². The van der Waals surface area contributed by atoms with Gasteiger partial charge in [0.15, 0.2) is 0 Å². The first-order valence-electron chi connectivity index (χ1n) is 13.9. The molecule has 1 saturated carbocycles. The van der Waals surface area contributed by atoms with Crippen molar-refractivity contribution < 1.29 is 0 Å². The second-order valence-corrected chi connectivity index (χ2v) is 9.70. The number of nitrogens with zero attached hydrogens (tertiary/aromatic N) is 5. The molecule has 6 nitrogen and oxygen atoms in total. The molecule has 2 aromatic heterocycles. The summed E-state index contributed by atoms with van der Waals surface area (Å²) < 4.78 is 1.96. The van der Waals surface area contributed by atoms with E-state index >= 15 is 0 Å². The number of nitrogens with one attached hydrogen (secondary N) is 1. The van der Waals surface area contributed by atoms with Gasteiger partial charge in [0.05, 0.1) is 17.4 Å². The lowest BCUT2D eigenvalue weighted by Crippen LogP contribution is -2.49. The normalized spacial score (nSPS) is 16.6. The monoisotopic (exact) mass is 512 g/mol. The summed E-state index contributed by atoms with van der Waals surface area (Å²) in [6.45, 7) is 21.5. The van der Waals surface area contributed by atoms with Crippen LogP contribution in [0.4, 0.5) is 5.69 Å². The van der Waals surface area contributed by atoms with Crippen molar-refractivity contribution in [3.63, 3.8) is 0 Å². The predicted octanol–water partition coefficient (Wildman–Crippen LogP) is 6.25. The van der Waals surface area contributed by atoms with E-state index in [9.17, 15) is 0 Å². The smallest absolute Gasteiger partial charge is 0.0898 e. The molecule has 4 rings (SSSR count). The molecule has 1 saturated heterocycles. The zero-order valence-corrected chi connectivity index (χ0v) is 25.1. The second kappa shape index (κ2) is 21.7. The second-order valence-electron chi connectivity index (χ2n) is 9.70. The molecule has 0 bridgehead atoms. The van der Waals surface area contributed by atoms with Crippen LogP contribution >= 0.6 is 0 Å². The summed E-state index contributed by atoms with van der Waals surface area (Å²) in [4.78, 5) is 7.23. The third kappa shape index (κ3) is 13.7. The molecule has 2 aromatic rings. The molecule has 2 fully saturated rings. The highest BCUT2D eigenvalue weighted by Gasteiger charge is 2.20. The van der Waals surface area contributed by atoms with Crippen LogP contribution in [0, 0.1) is 0 Å². The van der Waals surface area contributed by atoms with Gasteiger partial charge in [0.1, 0.15) is 0 Å². The van der Waals surface area contributed by atoms with Crippen molar-refractivity contribution in [2.45, 2.75) is 71.9 Å². The first kappa shape index (κ1) is 34.6. The summed E-state index contributed by atoms with van der Waals surface area (Å²) in [5.74, 6) is 0. The fraction of sp³-hybridized carbons (Fsp3) is 0.613. The Labute approximate surface area is 228 Å². The molecule has 2 aliphatic rings. The highest BCUT2D eigenvalue weighted by Crippen LogP contribution is 2.22. The van der Waals surface area contributed by atoms with Crippen LogP contribution in [0.3, 0.4) is 0 Å². The average Bonchev–Trinajstić information content (AvgIpc) is 3.26. The summed E-state index contributed by atoms with van der Waals surface area (Å²) in [6, 6.07) is 5.09. The SMILES string of the molecule is C1CCC1.C=C.C=C=CCCN(C)c1cnn2ccc(CN3CCN(C)C(C)C3)cc12.CCC.CNC. The van der Waals surface area contributed by atoms with Gasteiger partial charge in [-0.3, -0.25) is 4.90 Å². The molecule has 0 spiro atoms. The number of hydrogen-bond acceptors (Lipinski definition) is 5. The average molecular weight is 513 g/mol. The van der Waals surface area contributed by atoms with Gasteiger partial charge in [-0.05, 0) is 58.3 Å². The Kier molecular flexibility index (Phi) is 20.3. The Balaban J connectivity index is 0.000000906. The van der Waals surface area contributed by atoms with E-state index in [4.69, 9.17) is 0 Å². The molecular weight excluding hydrogens is 456 g/mol. The van der Waals surface area contributed by atoms with E-state index in [0.717, 1.165) is 39.1 Å². The lowest BCUT2D eigenvalue weighted by atomic mass is 10.0. The maximum absolute atomic E-state index is 4.49. The maximum atomic E-state index is 4.49. The molecule has 1 aliphatic carbocycles. The topological polar surface area (TPSA) is 39.1 Å². The zero-order chi connectivity index (χ0) is 28.1. The summed E-state index contributed by atoms with van der Waals surface area (Å²) in [6.07, 6.45) is 14.2. The molecule has 1 atom stereocenters. The molecule has 3 heterocycles. The van der Waals surface area contributed by atoms with Crippen LogP contribution in [0.1, 0.15) is 64.9 Å². The van der Waals surface area contributed by atoms with Crippen LogP contribution < -0.4 is 10.2 Å². The summed E-state index contributed by atoms with van der Waals surface area (Å²) >= 11 is 0. The summed E-state index contributed by atoms with van der Waals surface area (Å²) in [7, 11) is 8.08. The minimum absolute atomic E-state index is 0.618. The van der Waals surface area contributed by atoms with Crippen LogP contribution in [0.25, 0.3) is 5.52 Å². The maximum Gasteiger partial charge on any atom is 0.0898 e. The lowest BCUT2D eigenvalue weighted by molar-refractivity contribution is 0.1000. The Bertz CT molecular complexity index is 860. The van der Waals surface area contributed by atoms with Gasteiger partial charge in [-0.2, -0.15) is 5.10 Å². The quantitative estimate of drug-likeness (QED) is 0.366. The number of anilines is 1. The minimum Gasteiger partial charge on any atom is -0.371 e. The third-order valence-electron chi connectivity index (χ3n) is 6.18. The van der Waals surface area contributed by atoms with Crippen molar-refractivity contribution >= 4 is 11.2 Å². The number of rotatable bonds is 6. The number of aromatic nitrogens is 2. The molecule has 0 amide bonds. The standard InChI is InChI=1S/C20H29N5.C4H8.C3H8.C2H7N.C2H4/c1-5-6-7-9-23(4)20-14-21-25-10-8-18(13-19(20)25)16-24-12-11-22(3)17(2)15-24;1-2-4-3-1;2*1-3-2;1-2/h6,8,10,13-14,17H,1,7,9,11-12,15-16H2,2-4H3;1-4H2;3H2,1-2H3;3H,1-2H3;1-2H2. The molecule has 6 heteroatoms. The van der Waals surface area contributed by atoms with Gasteiger partial charge in [0.2, 0.25) is 0 Å². The molecule has 1 unspecified atom stereocenters. The third-order valence-corrected chi connectivity index (χ3v) is 6.18. The van der Waals surface area contributed by atoms with Crippen LogP contribution in [0.15, 0.2) is 56.1 Å². The van der Waals surface area contributed by atoms with E-state index in [2.05, 4.69) is 104 Å². The van der Waals surface area contributed by atoms with E-state index in [1.165, 1.54) is 48.9 Å². The predicted molar refractivity (Wildman–Crippen MR) is 165 cm³/mol. The van der Waals surface area contributed by atoms with E-state index in [1.54, 1.807) is 0 Å². The number of hydrogen-bond donors (Lipinski definition) is 1. The Hall–Kier alpha value is -2.37. The largest absolute Gasteiger partial charge is 0.371 e. The lowest BCUT2D eigenvalue weighted by Gasteiger charge is -2.37. The van der Waals surface area contributed by atoms with Crippen LogP contribution in [-0.4, -0.2) is 79.8 Å². The zero-order valence-electron chi connectivity index (χ0n) is 25.1. The molecule has 0 aromatic carbocycles. The minimum atomic E-state index is 0.618. The van der Waals surface area contributed by atoms with Gasteiger partial charge in [-0.15, -0.1) is 18.9 Å². The first-order chi connectivity index (χ1) is 17.9. The number of fused-ring (bicyclic) bond motifs is 1. The summed E-state index contributed by atoms with van der Waals surface area (Å²) in [5.41, 5.74) is 6.53. The summed E-state index contributed by atoms with van der Waals surface area (Å²) in [5, 5.41) is 7.24. The van der Waals surface area contributed by atoms with Gasteiger partial charge in [0, 0.05) is 52.0 Å². The Morgan fingerprint density at radius 2 is 1.76 bits per heavy atom. The molecule has 1 N–H and O–H groups in total. The van der Waals surface area contributed by atoms with Gasteiger partial charge in [-0.1, -0.05) is 52.5 Å². The first-order valence-corrected chi connectivity index (χ1v) is 13.9.